The van der Waals surface area contributed by atoms with Crippen LogP contribution in [0.25, 0.3) is 11.3 Å². The van der Waals surface area contributed by atoms with Crippen LogP contribution in [-0.2, 0) is 32.7 Å². The molecule has 45 heavy (non-hydrogen) atoms. The van der Waals surface area contributed by atoms with Gasteiger partial charge in [-0.3, -0.25) is 4.79 Å². The maximum absolute atomic E-state index is 14.4. The van der Waals surface area contributed by atoms with E-state index in [-0.39, 0.29) is 31.0 Å². The molecule has 2 atom stereocenters. The molecule has 0 aliphatic carbocycles. The number of carbonyl (C=O) groups is 2. The summed E-state index contributed by atoms with van der Waals surface area (Å²) < 4.78 is 45.4. The Morgan fingerprint density at radius 1 is 1.18 bits per heavy atom. The van der Waals surface area contributed by atoms with E-state index in [1.165, 1.54) is 17.9 Å². The van der Waals surface area contributed by atoms with Crippen LogP contribution in [0.1, 0.15) is 68.8 Å². The highest BCUT2D eigenvalue weighted by Crippen LogP contribution is 2.47. The fraction of sp³-hybridized carbons (Fsp3) is 0.485. The molecule has 0 bridgehead atoms. The molecule has 4 rings (SSSR count). The lowest BCUT2D eigenvalue weighted by atomic mass is 9.74. The van der Waals surface area contributed by atoms with Crippen LogP contribution < -0.4 is 5.32 Å². The Morgan fingerprint density at radius 3 is 2.60 bits per heavy atom. The van der Waals surface area contributed by atoms with E-state index in [2.05, 4.69) is 32.5 Å². The lowest BCUT2D eigenvalue weighted by molar-refractivity contribution is -0.118. The molecule has 1 aromatic heterocycles. The highest BCUT2D eigenvalue weighted by molar-refractivity contribution is 9.10. The van der Waals surface area contributed by atoms with Gasteiger partial charge in [-0.2, -0.15) is 0 Å². The minimum Gasteiger partial charge on any atom is -0.444 e. The largest absolute Gasteiger partial charge is 0.444 e. The summed E-state index contributed by atoms with van der Waals surface area (Å²) in [5.74, 6) is -2.77. The first-order valence-electron chi connectivity index (χ1n) is 14.9. The SMILES string of the molecule is COCCCc1ccc(-c2onc([C@H]3CN(C(=O)OC(C)(C)C)CC[C@]3(O)c3ccc(F)c(F)c3)c2Br)c(CCNC(C)=O)c1. The summed E-state index contributed by atoms with van der Waals surface area (Å²) in [7, 11) is 1.66. The van der Waals surface area contributed by atoms with Gasteiger partial charge < -0.3 is 29.3 Å². The van der Waals surface area contributed by atoms with Crippen molar-refractivity contribution in [2.24, 2.45) is 0 Å². The number of amides is 2. The summed E-state index contributed by atoms with van der Waals surface area (Å²) >= 11 is 3.65. The van der Waals surface area contributed by atoms with Gasteiger partial charge >= 0.3 is 6.09 Å². The molecular formula is C33H40BrF2N3O6. The van der Waals surface area contributed by atoms with Gasteiger partial charge in [-0.25, -0.2) is 13.6 Å². The van der Waals surface area contributed by atoms with Crippen molar-refractivity contribution in [1.82, 2.24) is 15.4 Å². The average Bonchev–Trinajstić information content (AvgIpc) is 3.34. The van der Waals surface area contributed by atoms with Gasteiger partial charge in [0.05, 0.1) is 10.4 Å². The Kier molecular flexibility index (Phi) is 11.0. The van der Waals surface area contributed by atoms with Gasteiger partial charge in [0.15, 0.2) is 17.4 Å². The summed E-state index contributed by atoms with van der Waals surface area (Å²) in [6.07, 6.45) is 1.60. The predicted molar refractivity (Wildman–Crippen MR) is 168 cm³/mol. The van der Waals surface area contributed by atoms with E-state index < -0.39 is 34.8 Å². The van der Waals surface area contributed by atoms with Gasteiger partial charge in [-0.05, 0) is 91.2 Å². The van der Waals surface area contributed by atoms with Crippen molar-refractivity contribution in [3.05, 3.63) is 74.9 Å². The standard InChI is InChI=1S/C33H40BrF2N3O6/c1-20(40)37-14-12-22-17-21(7-6-16-43-5)8-10-24(22)30-28(34)29(38-45-30)25-19-39(31(41)44-32(2,3)4)15-13-33(25,42)23-9-11-26(35)27(36)18-23/h8-11,17-18,25,42H,6-7,12-16,19H2,1-5H3,(H,37,40)/t25-,33+/m1/s1. The second-order valence-corrected chi connectivity index (χ2v) is 13.1. The summed E-state index contributed by atoms with van der Waals surface area (Å²) in [4.78, 5) is 26.1. The van der Waals surface area contributed by atoms with Crippen LogP contribution in [0.2, 0.25) is 0 Å². The van der Waals surface area contributed by atoms with E-state index in [0.717, 1.165) is 41.7 Å². The number of aromatic nitrogens is 1. The normalized spacial score (nSPS) is 18.6. The summed E-state index contributed by atoms with van der Waals surface area (Å²) in [5, 5.41) is 19.3. The zero-order valence-corrected chi connectivity index (χ0v) is 27.8. The van der Waals surface area contributed by atoms with Crippen molar-refractivity contribution in [2.45, 2.75) is 70.5 Å². The predicted octanol–water partition coefficient (Wildman–Crippen LogP) is 6.25. The smallest absolute Gasteiger partial charge is 0.410 e. The number of benzene rings is 2. The number of hydrogen-bond donors (Lipinski definition) is 2. The van der Waals surface area contributed by atoms with Gasteiger partial charge in [0.2, 0.25) is 5.91 Å². The third-order valence-electron chi connectivity index (χ3n) is 7.80. The molecule has 2 N–H and O–H groups in total. The first kappa shape index (κ1) is 34.5. The monoisotopic (exact) mass is 691 g/mol. The fourth-order valence-corrected chi connectivity index (χ4v) is 6.19. The van der Waals surface area contributed by atoms with Gasteiger partial charge in [0.25, 0.3) is 0 Å². The third kappa shape index (κ3) is 8.28. The molecule has 2 amide bonds. The van der Waals surface area contributed by atoms with E-state index in [1.807, 2.05) is 12.1 Å². The van der Waals surface area contributed by atoms with Gasteiger partial charge in [0, 0.05) is 45.8 Å². The molecule has 9 nitrogen and oxygen atoms in total. The number of rotatable bonds is 10. The zero-order chi connectivity index (χ0) is 32.9. The molecule has 1 saturated heterocycles. The number of aliphatic hydroxyl groups is 1. The van der Waals surface area contributed by atoms with Crippen LogP contribution in [-0.4, -0.2) is 66.1 Å². The van der Waals surface area contributed by atoms with Crippen LogP contribution in [0.4, 0.5) is 13.6 Å². The number of hydrogen-bond acceptors (Lipinski definition) is 7. The minimum absolute atomic E-state index is 0.00868. The van der Waals surface area contributed by atoms with Crippen LogP contribution in [0.3, 0.4) is 0 Å². The molecule has 0 radical (unpaired) electrons. The second kappa shape index (κ2) is 14.4. The Labute approximate surface area is 270 Å². The summed E-state index contributed by atoms with van der Waals surface area (Å²) in [5.41, 5.74) is 0.742. The maximum atomic E-state index is 14.4. The Balaban J connectivity index is 1.76. The van der Waals surface area contributed by atoms with Crippen molar-refractivity contribution in [3.63, 3.8) is 0 Å². The molecule has 244 valence electrons. The maximum Gasteiger partial charge on any atom is 0.410 e. The van der Waals surface area contributed by atoms with Crippen LogP contribution in [0, 0.1) is 11.6 Å². The minimum atomic E-state index is -1.72. The number of nitrogens with zero attached hydrogens (tertiary/aromatic N) is 2. The molecule has 0 saturated carbocycles. The molecule has 2 heterocycles. The lowest BCUT2D eigenvalue weighted by Gasteiger charge is -2.44. The molecule has 1 aliphatic heterocycles. The molecule has 1 aliphatic rings. The fourth-order valence-electron chi connectivity index (χ4n) is 5.56. The van der Waals surface area contributed by atoms with Crippen molar-refractivity contribution in [1.29, 1.82) is 0 Å². The quantitative estimate of drug-likeness (QED) is 0.242. The van der Waals surface area contributed by atoms with Crippen molar-refractivity contribution >= 4 is 27.9 Å². The number of halogens is 3. The van der Waals surface area contributed by atoms with Gasteiger partial charge in [-0.15, -0.1) is 0 Å². The van der Waals surface area contributed by atoms with Crippen molar-refractivity contribution in [2.75, 3.05) is 33.4 Å². The lowest BCUT2D eigenvalue weighted by Crippen LogP contribution is -2.51. The van der Waals surface area contributed by atoms with Gasteiger partial charge in [0.1, 0.15) is 16.9 Å². The number of carbonyl (C=O) groups excluding carboxylic acids is 2. The first-order valence-corrected chi connectivity index (χ1v) is 15.7. The molecule has 0 spiro atoms. The molecule has 12 heteroatoms. The number of aryl methyl sites for hydroxylation is 1. The Hall–Kier alpha value is -3.35. The van der Waals surface area contributed by atoms with Gasteiger partial charge in [-0.1, -0.05) is 29.4 Å². The van der Waals surface area contributed by atoms with Crippen molar-refractivity contribution in [3.8, 4) is 11.3 Å². The summed E-state index contributed by atoms with van der Waals surface area (Å²) in [6, 6.07) is 9.26. The van der Waals surface area contributed by atoms with Crippen LogP contribution in [0.15, 0.2) is 45.4 Å². The van der Waals surface area contributed by atoms with E-state index in [1.54, 1.807) is 27.9 Å². The van der Waals surface area contributed by atoms with E-state index in [0.29, 0.717) is 35.5 Å². The number of methoxy groups -OCH3 is 1. The second-order valence-electron chi connectivity index (χ2n) is 12.3. The van der Waals surface area contributed by atoms with E-state index >= 15 is 0 Å². The number of likely N-dealkylation sites (tertiary alicyclic amines) is 1. The average molecular weight is 693 g/mol. The van der Waals surface area contributed by atoms with Crippen molar-refractivity contribution < 1.29 is 37.5 Å². The molecule has 1 fully saturated rings. The topological polar surface area (TPSA) is 114 Å². The summed E-state index contributed by atoms with van der Waals surface area (Å²) in [6.45, 7) is 7.86. The Morgan fingerprint density at radius 2 is 1.93 bits per heavy atom. The van der Waals surface area contributed by atoms with Crippen LogP contribution >= 0.6 is 15.9 Å². The Bertz CT molecular complexity index is 1520. The molecule has 0 unspecified atom stereocenters. The number of ether oxygens (including phenoxy) is 2. The van der Waals surface area contributed by atoms with Crippen LogP contribution in [0.5, 0.6) is 0 Å². The highest BCUT2D eigenvalue weighted by Gasteiger charge is 2.48. The highest BCUT2D eigenvalue weighted by atomic mass is 79.9. The van der Waals surface area contributed by atoms with E-state index in [4.69, 9.17) is 14.0 Å². The molecule has 2 aromatic carbocycles. The third-order valence-corrected chi connectivity index (χ3v) is 8.57. The number of nitrogens with one attached hydrogen (secondary N) is 1. The first-order chi connectivity index (χ1) is 21.2. The van der Waals surface area contributed by atoms with E-state index in [9.17, 15) is 23.5 Å². The zero-order valence-electron chi connectivity index (χ0n) is 26.2. The number of piperidine rings is 1. The molecular weight excluding hydrogens is 652 g/mol. The molecule has 3 aromatic rings.